The molecule has 0 radical (unpaired) electrons. The van der Waals surface area contributed by atoms with Crippen LogP contribution in [0.5, 0.6) is 0 Å². The highest BCUT2D eigenvalue weighted by Crippen LogP contribution is 2.33. The Morgan fingerprint density at radius 1 is 1.33 bits per heavy atom. The third-order valence-corrected chi connectivity index (χ3v) is 3.27. The molecule has 94 valence electrons. The Morgan fingerprint density at radius 3 is 2.94 bits per heavy atom. The summed E-state index contributed by atoms with van der Waals surface area (Å²) in [4.78, 5) is 12.7. The van der Waals surface area contributed by atoms with Crippen molar-refractivity contribution in [3.63, 3.8) is 0 Å². The van der Waals surface area contributed by atoms with Crippen LogP contribution in [0, 0.1) is 6.92 Å². The van der Waals surface area contributed by atoms with Crippen LogP contribution in [0.25, 0.3) is 11.5 Å². The van der Waals surface area contributed by atoms with Gasteiger partial charge in [0.1, 0.15) is 11.5 Å². The molecule has 2 unspecified atom stereocenters. The van der Waals surface area contributed by atoms with Crippen molar-refractivity contribution >= 4 is 0 Å². The second-order valence-corrected chi connectivity index (χ2v) is 4.72. The van der Waals surface area contributed by atoms with E-state index in [9.17, 15) is 0 Å². The van der Waals surface area contributed by atoms with E-state index in [-0.39, 0.29) is 6.04 Å². The van der Waals surface area contributed by atoms with E-state index in [2.05, 4.69) is 20.1 Å². The molecule has 0 saturated heterocycles. The van der Waals surface area contributed by atoms with Gasteiger partial charge in [-0.25, -0.2) is 9.97 Å². The average molecular weight is 245 g/mol. The second kappa shape index (κ2) is 4.45. The molecule has 1 aliphatic rings. The van der Waals surface area contributed by atoms with Gasteiger partial charge in [0.15, 0.2) is 0 Å². The Morgan fingerprint density at radius 2 is 2.22 bits per heavy atom. The highest BCUT2D eigenvalue weighted by Gasteiger charge is 2.28. The monoisotopic (exact) mass is 245 g/mol. The summed E-state index contributed by atoms with van der Waals surface area (Å²) in [6.45, 7) is 1.83. The van der Waals surface area contributed by atoms with Gasteiger partial charge in [-0.2, -0.15) is 4.98 Å². The van der Waals surface area contributed by atoms with Crippen LogP contribution in [0.1, 0.15) is 36.9 Å². The summed E-state index contributed by atoms with van der Waals surface area (Å²) in [5.41, 5.74) is 6.58. The van der Waals surface area contributed by atoms with Crippen molar-refractivity contribution < 1.29 is 4.52 Å². The summed E-state index contributed by atoms with van der Waals surface area (Å²) in [5.74, 6) is 2.19. The Balaban J connectivity index is 1.85. The molecular formula is C12H15N5O. The fourth-order valence-electron chi connectivity index (χ4n) is 2.33. The van der Waals surface area contributed by atoms with E-state index in [4.69, 9.17) is 10.3 Å². The van der Waals surface area contributed by atoms with Gasteiger partial charge in [-0.1, -0.05) is 5.16 Å². The Bertz CT molecular complexity index is 553. The van der Waals surface area contributed by atoms with E-state index in [1.807, 2.05) is 6.92 Å². The fraction of sp³-hybridized carbons (Fsp3) is 0.500. The van der Waals surface area contributed by atoms with Crippen molar-refractivity contribution in [3.8, 4) is 11.5 Å². The molecule has 6 heteroatoms. The second-order valence-electron chi connectivity index (χ2n) is 4.72. The number of nitrogens with two attached hydrogens (primary N) is 1. The lowest BCUT2D eigenvalue weighted by atomic mass is 10.1. The molecule has 1 fully saturated rings. The Labute approximate surface area is 105 Å². The number of nitrogens with zero attached hydrogens (tertiary/aromatic N) is 4. The van der Waals surface area contributed by atoms with Gasteiger partial charge in [0, 0.05) is 18.2 Å². The van der Waals surface area contributed by atoms with Gasteiger partial charge in [0.2, 0.25) is 11.7 Å². The molecule has 0 aromatic carbocycles. The first-order valence-electron chi connectivity index (χ1n) is 6.11. The van der Waals surface area contributed by atoms with Crippen molar-refractivity contribution in [3.05, 3.63) is 24.0 Å². The van der Waals surface area contributed by atoms with Crippen LogP contribution in [0.2, 0.25) is 0 Å². The van der Waals surface area contributed by atoms with Gasteiger partial charge in [-0.05, 0) is 32.3 Å². The van der Waals surface area contributed by atoms with Crippen LogP contribution in [-0.4, -0.2) is 26.2 Å². The molecule has 2 aromatic heterocycles. The molecule has 6 nitrogen and oxygen atoms in total. The summed E-state index contributed by atoms with van der Waals surface area (Å²) < 4.78 is 5.31. The van der Waals surface area contributed by atoms with Crippen LogP contribution in [-0.2, 0) is 0 Å². The average Bonchev–Trinajstić information content (AvgIpc) is 2.97. The first kappa shape index (κ1) is 11.3. The predicted octanol–water partition coefficient (Wildman–Crippen LogP) is 1.43. The third-order valence-electron chi connectivity index (χ3n) is 3.27. The quantitative estimate of drug-likeness (QED) is 0.860. The molecule has 2 heterocycles. The lowest BCUT2D eigenvalue weighted by molar-refractivity contribution is 0.353. The molecule has 18 heavy (non-hydrogen) atoms. The normalized spacial score (nSPS) is 23.4. The molecule has 2 aromatic rings. The minimum absolute atomic E-state index is 0.256. The maximum absolute atomic E-state index is 5.89. The molecule has 0 amide bonds. The first-order valence-corrected chi connectivity index (χ1v) is 6.11. The highest BCUT2D eigenvalue weighted by molar-refractivity contribution is 5.47. The molecule has 1 saturated carbocycles. The minimum atomic E-state index is 0.256. The smallest absolute Gasteiger partial charge is 0.230 e. The topological polar surface area (TPSA) is 90.7 Å². The zero-order valence-electron chi connectivity index (χ0n) is 10.2. The first-order chi connectivity index (χ1) is 8.72. The molecular weight excluding hydrogens is 230 g/mol. The van der Waals surface area contributed by atoms with Gasteiger partial charge >= 0.3 is 0 Å². The van der Waals surface area contributed by atoms with Crippen LogP contribution < -0.4 is 5.73 Å². The van der Waals surface area contributed by atoms with Crippen molar-refractivity contribution in [2.75, 3.05) is 0 Å². The van der Waals surface area contributed by atoms with E-state index in [1.54, 1.807) is 12.3 Å². The summed E-state index contributed by atoms with van der Waals surface area (Å²) in [6, 6.07) is 2.04. The summed E-state index contributed by atoms with van der Waals surface area (Å²) in [6.07, 6.45) is 4.66. The van der Waals surface area contributed by atoms with Crippen molar-refractivity contribution in [2.24, 2.45) is 5.73 Å². The van der Waals surface area contributed by atoms with E-state index in [1.165, 1.54) is 0 Å². The maximum Gasteiger partial charge on any atom is 0.230 e. The molecule has 0 bridgehead atoms. The molecule has 3 rings (SSSR count). The molecule has 2 N–H and O–H groups in total. The van der Waals surface area contributed by atoms with Crippen molar-refractivity contribution in [2.45, 2.75) is 38.1 Å². The van der Waals surface area contributed by atoms with Crippen molar-refractivity contribution in [1.29, 1.82) is 0 Å². The van der Waals surface area contributed by atoms with Crippen LogP contribution in [0.15, 0.2) is 16.8 Å². The molecule has 0 aliphatic heterocycles. The summed E-state index contributed by atoms with van der Waals surface area (Å²) in [7, 11) is 0. The third kappa shape index (κ3) is 2.11. The van der Waals surface area contributed by atoms with E-state index >= 15 is 0 Å². The summed E-state index contributed by atoms with van der Waals surface area (Å²) in [5, 5.41) is 3.98. The van der Waals surface area contributed by atoms with Crippen LogP contribution in [0.4, 0.5) is 0 Å². The molecule has 1 aliphatic carbocycles. The number of rotatable bonds is 2. The zero-order chi connectivity index (χ0) is 12.5. The molecule has 0 spiro atoms. The van der Waals surface area contributed by atoms with Gasteiger partial charge in [0.05, 0.1) is 0 Å². The van der Waals surface area contributed by atoms with Crippen LogP contribution in [0.3, 0.4) is 0 Å². The lowest BCUT2D eigenvalue weighted by Gasteiger charge is -2.01. The minimum Gasteiger partial charge on any atom is -0.339 e. The lowest BCUT2D eigenvalue weighted by Crippen LogP contribution is -2.14. The fourth-order valence-corrected chi connectivity index (χ4v) is 2.33. The standard InChI is InChI=1S/C12H15N5O/c1-7-14-5-4-10(15-7)11-16-12(18-17-11)8-2-3-9(13)6-8/h4-5,8-9H,2-3,6,13H2,1H3. The Hall–Kier alpha value is -1.82. The van der Waals surface area contributed by atoms with Gasteiger partial charge in [-0.15, -0.1) is 0 Å². The maximum atomic E-state index is 5.89. The summed E-state index contributed by atoms with van der Waals surface area (Å²) >= 11 is 0. The molecule has 2 atom stereocenters. The number of aromatic nitrogens is 4. The van der Waals surface area contributed by atoms with Gasteiger partial charge < -0.3 is 10.3 Å². The van der Waals surface area contributed by atoms with Gasteiger partial charge in [-0.3, -0.25) is 0 Å². The van der Waals surface area contributed by atoms with E-state index in [0.29, 0.717) is 29.2 Å². The van der Waals surface area contributed by atoms with Crippen molar-refractivity contribution in [1.82, 2.24) is 20.1 Å². The largest absolute Gasteiger partial charge is 0.339 e. The predicted molar refractivity (Wildman–Crippen MR) is 64.6 cm³/mol. The van der Waals surface area contributed by atoms with Gasteiger partial charge in [0.25, 0.3) is 0 Å². The number of hydrogen-bond acceptors (Lipinski definition) is 6. The zero-order valence-corrected chi connectivity index (χ0v) is 10.2. The van der Waals surface area contributed by atoms with E-state index < -0.39 is 0 Å². The number of hydrogen-bond donors (Lipinski definition) is 1. The van der Waals surface area contributed by atoms with Crippen LogP contribution >= 0.6 is 0 Å². The Kier molecular flexibility index (Phi) is 2.79. The highest BCUT2D eigenvalue weighted by atomic mass is 16.5. The number of aryl methyl sites for hydroxylation is 1. The SMILES string of the molecule is Cc1nccc(-c2noc(C3CCC(N)C3)n2)n1. The van der Waals surface area contributed by atoms with E-state index in [0.717, 1.165) is 19.3 Å².